The van der Waals surface area contributed by atoms with Gasteiger partial charge in [0.2, 0.25) is 0 Å². The van der Waals surface area contributed by atoms with Gasteiger partial charge >= 0.3 is 0 Å². The molecule has 0 aromatic heterocycles. The van der Waals surface area contributed by atoms with Gasteiger partial charge in [0, 0.05) is 18.3 Å². The summed E-state index contributed by atoms with van der Waals surface area (Å²) in [6.07, 6.45) is 2.84. The molecule has 4 atom stereocenters. The molecule has 4 nitrogen and oxygen atoms in total. The summed E-state index contributed by atoms with van der Waals surface area (Å²) in [5, 5.41) is 29.4. The molecule has 1 saturated carbocycles. The molecule has 1 aliphatic rings. The summed E-state index contributed by atoms with van der Waals surface area (Å²) in [6.45, 7) is 4.82. The Hall–Kier alpha value is -0.710. The second-order valence-electron chi connectivity index (χ2n) is 5.46. The van der Waals surface area contributed by atoms with Crippen LogP contribution in [0.5, 0.6) is 0 Å². The van der Waals surface area contributed by atoms with E-state index in [2.05, 4.69) is 0 Å². The van der Waals surface area contributed by atoms with Crippen LogP contribution >= 0.6 is 0 Å². The molecule has 98 valence electrons. The molecule has 0 saturated heterocycles. The molecule has 1 rings (SSSR count). The first-order chi connectivity index (χ1) is 7.75. The summed E-state index contributed by atoms with van der Waals surface area (Å²) in [5.41, 5.74) is -2.14. The predicted octanol–water partition coefficient (Wildman–Crippen LogP) is 0.652. The zero-order valence-corrected chi connectivity index (χ0v) is 10.7. The topological polar surface area (TPSA) is 77.8 Å². The Labute approximate surface area is 102 Å². The van der Waals surface area contributed by atoms with Crippen LogP contribution in [-0.4, -0.2) is 39.4 Å². The van der Waals surface area contributed by atoms with Crippen LogP contribution in [-0.2, 0) is 4.79 Å². The third-order valence-corrected chi connectivity index (χ3v) is 3.82. The molecule has 1 aliphatic carbocycles. The van der Waals surface area contributed by atoms with E-state index >= 15 is 0 Å². The van der Waals surface area contributed by atoms with Gasteiger partial charge in [0.15, 0.2) is 0 Å². The van der Waals surface area contributed by atoms with Crippen molar-refractivity contribution in [1.82, 2.24) is 0 Å². The highest BCUT2D eigenvalue weighted by Gasteiger charge is 2.53. The minimum atomic E-state index is -1.26. The van der Waals surface area contributed by atoms with Gasteiger partial charge in [-0.15, -0.1) is 0 Å². The molecule has 0 aromatic carbocycles. The highest BCUT2D eigenvalue weighted by Crippen LogP contribution is 2.46. The highest BCUT2D eigenvalue weighted by molar-refractivity contribution is 5.81. The van der Waals surface area contributed by atoms with Gasteiger partial charge < -0.3 is 15.3 Å². The number of ketones is 1. The second kappa shape index (κ2) is 4.88. The van der Waals surface area contributed by atoms with Crippen LogP contribution in [0.1, 0.15) is 33.6 Å². The minimum absolute atomic E-state index is 0.0594. The van der Waals surface area contributed by atoms with Gasteiger partial charge in [-0.05, 0) is 12.8 Å². The van der Waals surface area contributed by atoms with Crippen molar-refractivity contribution in [3.8, 4) is 0 Å². The SMILES string of the molecule is CC(O)C=CC1(O)C(C)CC(=O)CC1(C)CO. The first-order valence-corrected chi connectivity index (χ1v) is 5.97. The molecule has 0 aliphatic heterocycles. The number of carbonyl (C=O) groups excluding carboxylic acids is 1. The summed E-state index contributed by atoms with van der Waals surface area (Å²) < 4.78 is 0. The van der Waals surface area contributed by atoms with Crippen LogP contribution in [0.3, 0.4) is 0 Å². The summed E-state index contributed by atoms with van der Waals surface area (Å²) in [4.78, 5) is 11.6. The number of carbonyl (C=O) groups is 1. The van der Waals surface area contributed by atoms with E-state index in [1.165, 1.54) is 12.2 Å². The van der Waals surface area contributed by atoms with E-state index < -0.39 is 17.1 Å². The van der Waals surface area contributed by atoms with E-state index in [4.69, 9.17) is 0 Å². The van der Waals surface area contributed by atoms with E-state index in [9.17, 15) is 20.1 Å². The van der Waals surface area contributed by atoms with Crippen molar-refractivity contribution in [1.29, 1.82) is 0 Å². The Bertz CT molecular complexity index is 323. The average Bonchev–Trinajstić information content (AvgIpc) is 2.23. The lowest BCUT2D eigenvalue weighted by atomic mass is 9.59. The van der Waals surface area contributed by atoms with Crippen molar-refractivity contribution in [3.05, 3.63) is 12.2 Å². The lowest BCUT2D eigenvalue weighted by Gasteiger charge is -2.49. The molecule has 0 radical (unpaired) electrons. The van der Waals surface area contributed by atoms with E-state index in [0.717, 1.165) is 0 Å². The van der Waals surface area contributed by atoms with Gasteiger partial charge in [-0.2, -0.15) is 0 Å². The molecule has 0 spiro atoms. The smallest absolute Gasteiger partial charge is 0.134 e. The van der Waals surface area contributed by atoms with Crippen LogP contribution in [0.25, 0.3) is 0 Å². The number of hydrogen-bond acceptors (Lipinski definition) is 4. The van der Waals surface area contributed by atoms with Crippen molar-refractivity contribution in [2.45, 2.75) is 45.3 Å². The van der Waals surface area contributed by atoms with E-state index in [1.807, 2.05) is 0 Å². The lowest BCUT2D eigenvalue weighted by molar-refractivity contribution is -0.152. The molecule has 4 heteroatoms. The zero-order chi connectivity index (χ0) is 13.3. The monoisotopic (exact) mass is 242 g/mol. The highest BCUT2D eigenvalue weighted by atomic mass is 16.3. The number of hydrogen-bond donors (Lipinski definition) is 3. The number of rotatable bonds is 3. The number of aliphatic hydroxyl groups excluding tert-OH is 2. The predicted molar refractivity (Wildman–Crippen MR) is 64.4 cm³/mol. The maximum atomic E-state index is 11.6. The minimum Gasteiger partial charge on any atom is -0.396 e. The van der Waals surface area contributed by atoms with Gasteiger partial charge in [-0.3, -0.25) is 4.79 Å². The summed E-state index contributed by atoms with van der Waals surface area (Å²) in [5.74, 6) is -0.208. The molecule has 0 bridgehead atoms. The van der Waals surface area contributed by atoms with Crippen LogP contribution < -0.4 is 0 Å². The number of Topliss-reactive ketones (excluding diaryl/α,β-unsaturated/α-hetero) is 1. The summed E-state index contributed by atoms with van der Waals surface area (Å²) in [7, 11) is 0. The fourth-order valence-corrected chi connectivity index (χ4v) is 2.57. The van der Waals surface area contributed by atoms with Crippen LogP contribution in [0, 0.1) is 11.3 Å². The fraction of sp³-hybridized carbons (Fsp3) is 0.769. The van der Waals surface area contributed by atoms with Crippen molar-refractivity contribution in [3.63, 3.8) is 0 Å². The third-order valence-electron chi connectivity index (χ3n) is 3.82. The maximum absolute atomic E-state index is 11.6. The third kappa shape index (κ3) is 2.59. The fourth-order valence-electron chi connectivity index (χ4n) is 2.57. The second-order valence-corrected chi connectivity index (χ2v) is 5.46. The van der Waals surface area contributed by atoms with Crippen LogP contribution in [0.2, 0.25) is 0 Å². The van der Waals surface area contributed by atoms with E-state index in [1.54, 1.807) is 20.8 Å². The standard InChI is InChI=1S/C13H22O4/c1-9-6-11(16)7-12(3,8-14)13(9,17)5-4-10(2)15/h4-5,9-10,14-15,17H,6-8H2,1-3H3. The molecule has 0 amide bonds. The molecular formula is C13H22O4. The van der Waals surface area contributed by atoms with Gasteiger partial charge in [0.1, 0.15) is 5.78 Å². The Kier molecular flexibility index (Phi) is 4.12. The Balaban J connectivity index is 3.10. The van der Waals surface area contributed by atoms with Crippen molar-refractivity contribution in [2.24, 2.45) is 11.3 Å². The largest absolute Gasteiger partial charge is 0.396 e. The first-order valence-electron chi connectivity index (χ1n) is 5.97. The molecule has 0 heterocycles. The van der Waals surface area contributed by atoms with Crippen molar-refractivity contribution in [2.75, 3.05) is 6.61 Å². The quantitative estimate of drug-likeness (QED) is 0.635. The Morgan fingerprint density at radius 1 is 1.59 bits per heavy atom. The zero-order valence-electron chi connectivity index (χ0n) is 10.7. The molecule has 0 aromatic rings. The van der Waals surface area contributed by atoms with Gasteiger partial charge in [-0.25, -0.2) is 0 Å². The Morgan fingerprint density at radius 2 is 2.18 bits per heavy atom. The molecule has 17 heavy (non-hydrogen) atoms. The summed E-state index contributed by atoms with van der Waals surface area (Å²) >= 11 is 0. The number of aliphatic hydroxyl groups is 3. The molecule has 3 N–H and O–H groups in total. The summed E-state index contributed by atoms with van der Waals surface area (Å²) in [6, 6.07) is 0. The van der Waals surface area contributed by atoms with Crippen molar-refractivity contribution < 1.29 is 20.1 Å². The maximum Gasteiger partial charge on any atom is 0.134 e. The lowest BCUT2D eigenvalue weighted by Crippen LogP contribution is -2.56. The van der Waals surface area contributed by atoms with Crippen LogP contribution in [0.15, 0.2) is 12.2 Å². The average molecular weight is 242 g/mol. The van der Waals surface area contributed by atoms with E-state index in [0.29, 0.717) is 6.42 Å². The van der Waals surface area contributed by atoms with Gasteiger partial charge in [0.25, 0.3) is 0 Å². The molecular weight excluding hydrogens is 220 g/mol. The Morgan fingerprint density at radius 3 is 2.65 bits per heavy atom. The van der Waals surface area contributed by atoms with E-state index in [-0.39, 0.29) is 24.7 Å². The van der Waals surface area contributed by atoms with Crippen molar-refractivity contribution >= 4 is 5.78 Å². The van der Waals surface area contributed by atoms with Gasteiger partial charge in [-0.1, -0.05) is 26.0 Å². The molecule has 4 unspecified atom stereocenters. The molecule has 1 fully saturated rings. The van der Waals surface area contributed by atoms with Crippen LogP contribution in [0.4, 0.5) is 0 Å². The normalized spacial score (nSPS) is 40.8. The van der Waals surface area contributed by atoms with Gasteiger partial charge in [0.05, 0.1) is 18.3 Å². The first kappa shape index (κ1) is 14.4.